The summed E-state index contributed by atoms with van der Waals surface area (Å²) < 4.78 is 0. The fourth-order valence-corrected chi connectivity index (χ4v) is 0.453. The van der Waals surface area contributed by atoms with Crippen molar-refractivity contribution in [1.82, 2.24) is 0 Å². The summed E-state index contributed by atoms with van der Waals surface area (Å²) in [5.74, 6) is 0. The third-order valence-electron chi connectivity index (χ3n) is 0.803. The molecule has 62 valence electrons. The van der Waals surface area contributed by atoms with E-state index in [0.29, 0.717) is 0 Å². The van der Waals surface area contributed by atoms with Crippen LogP contribution in [0.4, 0.5) is 0 Å². The van der Waals surface area contributed by atoms with E-state index in [4.69, 9.17) is 0 Å². The van der Waals surface area contributed by atoms with Gasteiger partial charge in [0.1, 0.15) is 0 Å². The van der Waals surface area contributed by atoms with Gasteiger partial charge in [0.05, 0.1) is 14.2 Å². The molecule has 0 radical (unpaired) electrons. The minimum absolute atomic E-state index is 1.36. The smallest absolute Gasteiger partial charge is 0.0744 e. The van der Waals surface area contributed by atoms with Crippen molar-refractivity contribution in [3.63, 3.8) is 0 Å². The van der Waals surface area contributed by atoms with Crippen LogP contribution in [0.25, 0.3) is 0 Å². The van der Waals surface area contributed by atoms with Crippen LogP contribution in [0.3, 0.4) is 0 Å². The van der Waals surface area contributed by atoms with Crippen molar-refractivity contribution < 1.29 is 14.8 Å². The van der Waals surface area contributed by atoms with Gasteiger partial charge in [-0.25, -0.2) is 9.78 Å². The maximum absolute atomic E-state index is 3.97. The Hall–Kier alpha value is -0.900. The summed E-state index contributed by atoms with van der Waals surface area (Å²) >= 11 is 0. The first kappa shape index (κ1) is 10.1. The van der Waals surface area contributed by atoms with Crippen molar-refractivity contribution in [3.05, 3.63) is 36.4 Å². The molecule has 1 aromatic carbocycles. The first-order valence-electron chi connectivity index (χ1n) is 3.15. The lowest BCUT2D eigenvalue weighted by Crippen LogP contribution is -1.82. The molecule has 0 aliphatic heterocycles. The van der Waals surface area contributed by atoms with E-state index in [0.717, 1.165) is 0 Å². The van der Waals surface area contributed by atoms with Crippen molar-refractivity contribution in [3.8, 4) is 0 Å². The molecule has 0 bridgehead atoms. The van der Waals surface area contributed by atoms with Crippen molar-refractivity contribution in [1.29, 1.82) is 0 Å². The lowest BCUT2D eigenvalue weighted by molar-refractivity contribution is -0.491. The molecule has 0 saturated carbocycles. The highest BCUT2D eigenvalue weighted by molar-refractivity contribution is 4.99. The van der Waals surface area contributed by atoms with E-state index in [1.807, 2.05) is 36.4 Å². The Kier molecular flexibility index (Phi) is 8.36. The standard InChI is InChI=1S/C6H6.C2H6O3/c1-2-4-6-5-3-1;1-3-5-4-2/h1-6H;1-2H3. The lowest BCUT2D eigenvalue weighted by atomic mass is 10.4. The van der Waals surface area contributed by atoms with Gasteiger partial charge < -0.3 is 0 Å². The maximum Gasteiger partial charge on any atom is 0.0744 e. The molecule has 0 aromatic heterocycles. The van der Waals surface area contributed by atoms with Crippen molar-refractivity contribution >= 4 is 0 Å². The summed E-state index contributed by atoms with van der Waals surface area (Å²) in [5, 5.41) is 3.83. The van der Waals surface area contributed by atoms with Crippen LogP contribution in [0.1, 0.15) is 0 Å². The molecule has 11 heavy (non-hydrogen) atoms. The molecule has 0 amide bonds. The number of hydrogen-bond acceptors (Lipinski definition) is 3. The van der Waals surface area contributed by atoms with Gasteiger partial charge in [0.2, 0.25) is 0 Å². The molecule has 0 fully saturated rings. The van der Waals surface area contributed by atoms with Gasteiger partial charge >= 0.3 is 0 Å². The van der Waals surface area contributed by atoms with Gasteiger partial charge in [0, 0.05) is 0 Å². The third kappa shape index (κ3) is 9.10. The molecule has 0 N–H and O–H groups in total. The molecule has 1 aromatic rings. The molecule has 0 spiro atoms. The summed E-state index contributed by atoms with van der Waals surface area (Å²) in [6, 6.07) is 12.0. The predicted octanol–water partition coefficient (Wildman–Crippen LogP) is 1.81. The predicted molar refractivity (Wildman–Crippen MR) is 41.5 cm³/mol. The first-order valence-corrected chi connectivity index (χ1v) is 3.15. The highest BCUT2D eigenvalue weighted by Gasteiger charge is 1.62. The Labute approximate surface area is 66.4 Å². The molecule has 0 heterocycles. The van der Waals surface area contributed by atoms with Gasteiger partial charge in [0.15, 0.2) is 0 Å². The zero-order valence-corrected chi connectivity index (χ0v) is 6.69. The molecule has 0 unspecified atom stereocenters. The third-order valence-corrected chi connectivity index (χ3v) is 0.803. The van der Waals surface area contributed by atoms with E-state index < -0.39 is 0 Å². The van der Waals surface area contributed by atoms with Gasteiger partial charge in [-0.15, -0.1) is 0 Å². The largest absolute Gasteiger partial charge is 0.210 e. The molecule has 3 heteroatoms. The van der Waals surface area contributed by atoms with E-state index >= 15 is 0 Å². The Morgan fingerprint density at radius 3 is 1.00 bits per heavy atom. The van der Waals surface area contributed by atoms with Crippen LogP contribution in [0, 0.1) is 0 Å². The molecule has 0 saturated heterocycles. The second-order valence-electron chi connectivity index (χ2n) is 1.56. The van der Waals surface area contributed by atoms with Crippen LogP contribution in [-0.2, 0) is 14.8 Å². The minimum Gasteiger partial charge on any atom is -0.210 e. The first-order chi connectivity index (χ1) is 5.41. The summed E-state index contributed by atoms with van der Waals surface area (Å²) in [5.41, 5.74) is 0. The van der Waals surface area contributed by atoms with Gasteiger partial charge in [0.25, 0.3) is 0 Å². The average molecular weight is 156 g/mol. The van der Waals surface area contributed by atoms with Gasteiger partial charge in [-0.05, 0) is 0 Å². The maximum atomic E-state index is 3.97. The Balaban J connectivity index is 0.000000187. The van der Waals surface area contributed by atoms with Gasteiger partial charge in [-0.1, -0.05) is 41.4 Å². The number of benzene rings is 1. The highest BCUT2D eigenvalue weighted by Crippen LogP contribution is 1.79. The Morgan fingerprint density at radius 1 is 0.636 bits per heavy atom. The van der Waals surface area contributed by atoms with Crippen molar-refractivity contribution in [2.45, 2.75) is 0 Å². The normalized spacial score (nSPS) is 8.18. The zero-order valence-electron chi connectivity index (χ0n) is 6.69. The Bertz CT molecular complexity index is 113. The molecule has 0 aliphatic rings. The zero-order chi connectivity index (χ0) is 8.36. The SMILES string of the molecule is COOOC.c1ccccc1. The lowest BCUT2D eigenvalue weighted by Gasteiger charge is -1.85. The van der Waals surface area contributed by atoms with E-state index in [9.17, 15) is 0 Å². The summed E-state index contributed by atoms with van der Waals surface area (Å²) in [6.07, 6.45) is 0. The summed E-state index contributed by atoms with van der Waals surface area (Å²) in [6.45, 7) is 0. The van der Waals surface area contributed by atoms with E-state index in [2.05, 4.69) is 14.8 Å². The van der Waals surface area contributed by atoms with E-state index in [1.54, 1.807) is 0 Å². The number of rotatable bonds is 2. The van der Waals surface area contributed by atoms with Gasteiger partial charge in [-0.3, -0.25) is 0 Å². The van der Waals surface area contributed by atoms with Gasteiger partial charge in [-0.2, -0.15) is 0 Å². The fraction of sp³-hybridized carbons (Fsp3) is 0.250. The second-order valence-corrected chi connectivity index (χ2v) is 1.56. The Morgan fingerprint density at radius 2 is 0.909 bits per heavy atom. The van der Waals surface area contributed by atoms with Crippen LogP contribution in [0.2, 0.25) is 0 Å². The minimum atomic E-state index is 1.36. The van der Waals surface area contributed by atoms with Crippen LogP contribution in [0.15, 0.2) is 36.4 Å². The molecule has 1 rings (SSSR count). The summed E-state index contributed by atoms with van der Waals surface area (Å²) in [7, 11) is 2.73. The van der Waals surface area contributed by atoms with E-state index in [1.165, 1.54) is 14.2 Å². The molecular formula is C8H12O3. The van der Waals surface area contributed by atoms with Crippen LogP contribution >= 0.6 is 0 Å². The van der Waals surface area contributed by atoms with Crippen molar-refractivity contribution in [2.75, 3.05) is 14.2 Å². The fourth-order valence-electron chi connectivity index (χ4n) is 0.453. The summed E-state index contributed by atoms with van der Waals surface area (Å²) in [4.78, 5) is 7.94. The number of hydrogen-bond donors (Lipinski definition) is 0. The quantitative estimate of drug-likeness (QED) is 0.482. The topological polar surface area (TPSA) is 27.7 Å². The molecule has 0 aliphatic carbocycles. The molecule has 0 atom stereocenters. The van der Waals surface area contributed by atoms with Crippen LogP contribution < -0.4 is 0 Å². The second kappa shape index (κ2) is 9.10. The molecular weight excluding hydrogens is 144 g/mol. The monoisotopic (exact) mass is 156 g/mol. The average Bonchev–Trinajstić information content (AvgIpc) is 2.10. The van der Waals surface area contributed by atoms with Crippen LogP contribution in [-0.4, -0.2) is 14.2 Å². The van der Waals surface area contributed by atoms with Crippen molar-refractivity contribution in [2.24, 2.45) is 0 Å². The highest BCUT2D eigenvalue weighted by atomic mass is 17.5. The molecule has 3 nitrogen and oxygen atoms in total. The van der Waals surface area contributed by atoms with Crippen LogP contribution in [0.5, 0.6) is 0 Å². The van der Waals surface area contributed by atoms with E-state index in [-0.39, 0.29) is 0 Å².